The van der Waals surface area contributed by atoms with Crippen molar-refractivity contribution in [3.05, 3.63) is 30.6 Å². The number of nitrogens with zero attached hydrogens (tertiary/aromatic N) is 2. The fourth-order valence-corrected chi connectivity index (χ4v) is 1.99. The van der Waals surface area contributed by atoms with Crippen LogP contribution in [0.15, 0.2) is 30.6 Å². The number of imidazole rings is 1. The second-order valence-electron chi connectivity index (χ2n) is 4.55. The van der Waals surface area contributed by atoms with Gasteiger partial charge in [-0.1, -0.05) is 26.0 Å². The normalized spacial score (nSPS) is 10.6. The first-order valence-corrected chi connectivity index (χ1v) is 6.80. The van der Waals surface area contributed by atoms with Crippen LogP contribution in [0.5, 0.6) is 5.75 Å². The van der Waals surface area contributed by atoms with Gasteiger partial charge in [-0.3, -0.25) is 0 Å². The molecule has 2 aromatic rings. The van der Waals surface area contributed by atoms with Gasteiger partial charge in [0.2, 0.25) is 0 Å². The van der Waals surface area contributed by atoms with Gasteiger partial charge in [0.25, 0.3) is 0 Å². The standard InChI is InChI=1S/C15H21N3O/c1-3-8-18-11-17-14(15(18)16)12-6-5-7-13(10-12)19-9-4-2/h5-7,10-11H,3-4,8-9,16H2,1-2H3. The average molecular weight is 259 g/mol. The molecule has 0 fully saturated rings. The lowest BCUT2D eigenvalue weighted by molar-refractivity contribution is 0.317. The first-order chi connectivity index (χ1) is 9.26. The highest BCUT2D eigenvalue weighted by atomic mass is 16.5. The zero-order chi connectivity index (χ0) is 13.7. The summed E-state index contributed by atoms with van der Waals surface area (Å²) in [4.78, 5) is 4.41. The maximum absolute atomic E-state index is 6.13. The molecule has 0 saturated carbocycles. The number of nitrogens with two attached hydrogens (primary N) is 1. The van der Waals surface area contributed by atoms with E-state index in [9.17, 15) is 0 Å². The van der Waals surface area contributed by atoms with Gasteiger partial charge in [-0.25, -0.2) is 4.98 Å². The van der Waals surface area contributed by atoms with Gasteiger partial charge < -0.3 is 15.0 Å². The number of anilines is 1. The highest BCUT2D eigenvalue weighted by Crippen LogP contribution is 2.27. The molecule has 4 heteroatoms. The van der Waals surface area contributed by atoms with Crippen molar-refractivity contribution in [3.63, 3.8) is 0 Å². The molecule has 0 spiro atoms. The Bertz CT molecular complexity index is 534. The van der Waals surface area contributed by atoms with E-state index in [-0.39, 0.29) is 0 Å². The summed E-state index contributed by atoms with van der Waals surface area (Å²) in [5.41, 5.74) is 7.96. The van der Waals surface area contributed by atoms with Crippen molar-refractivity contribution in [2.75, 3.05) is 12.3 Å². The van der Waals surface area contributed by atoms with Gasteiger partial charge in [-0.05, 0) is 25.0 Å². The summed E-state index contributed by atoms with van der Waals surface area (Å²) in [5.74, 6) is 1.58. The summed E-state index contributed by atoms with van der Waals surface area (Å²) in [6, 6.07) is 7.93. The van der Waals surface area contributed by atoms with Gasteiger partial charge in [0.05, 0.1) is 12.9 Å². The van der Waals surface area contributed by atoms with Gasteiger partial charge in [0, 0.05) is 12.1 Å². The van der Waals surface area contributed by atoms with E-state index >= 15 is 0 Å². The largest absolute Gasteiger partial charge is 0.494 e. The summed E-state index contributed by atoms with van der Waals surface area (Å²) >= 11 is 0. The summed E-state index contributed by atoms with van der Waals surface area (Å²) in [7, 11) is 0. The number of aromatic nitrogens is 2. The van der Waals surface area contributed by atoms with Crippen LogP contribution in [-0.4, -0.2) is 16.2 Å². The predicted molar refractivity (Wildman–Crippen MR) is 78.2 cm³/mol. The van der Waals surface area contributed by atoms with Crippen molar-refractivity contribution in [2.24, 2.45) is 0 Å². The van der Waals surface area contributed by atoms with Crippen LogP contribution in [0.1, 0.15) is 26.7 Å². The molecule has 102 valence electrons. The maximum atomic E-state index is 6.13. The molecular weight excluding hydrogens is 238 g/mol. The van der Waals surface area contributed by atoms with Gasteiger partial charge in [0.1, 0.15) is 17.3 Å². The summed E-state index contributed by atoms with van der Waals surface area (Å²) < 4.78 is 7.62. The van der Waals surface area contributed by atoms with Crippen LogP contribution in [0.2, 0.25) is 0 Å². The molecule has 4 nitrogen and oxygen atoms in total. The number of ether oxygens (including phenoxy) is 1. The molecule has 0 aliphatic rings. The molecule has 2 N–H and O–H groups in total. The van der Waals surface area contributed by atoms with Gasteiger partial charge in [-0.2, -0.15) is 0 Å². The first-order valence-electron chi connectivity index (χ1n) is 6.80. The number of benzene rings is 1. The Morgan fingerprint density at radius 3 is 2.84 bits per heavy atom. The number of hydrogen-bond donors (Lipinski definition) is 1. The van der Waals surface area contributed by atoms with Crippen LogP contribution in [-0.2, 0) is 6.54 Å². The Balaban J connectivity index is 2.26. The molecule has 1 aromatic carbocycles. The summed E-state index contributed by atoms with van der Waals surface area (Å²) in [6.07, 6.45) is 3.84. The Kier molecular flexibility index (Phi) is 4.44. The van der Waals surface area contributed by atoms with Crippen molar-refractivity contribution >= 4 is 5.82 Å². The molecule has 0 saturated heterocycles. The minimum atomic E-state index is 0.717. The highest BCUT2D eigenvalue weighted by molar-refractivity contribution is 5.71. The summed E-state index contributed by atoms with van der Waals surface area (Å²) in [6.45, 7) is 5.83. The summed E-state index contributed by atoms with van der Waals surface area (Å²) in [5, 5.41) is 0. The highest BCUT2D eigenvalue weighted by Gasteiger charge is 2.10. The second-order valence-corrected chi connectivity index (χ2v) is 4.55. The van der Waals surface area contributed by atoms with E-state index in [4.69, 9.17) is 10.5 Å². The average Bonchev–Trinajstić information content (AvgIpc) is 2.79. The Labute approximate surface area is 114 Å². The predicted octanol–water partition coefficient (Wildman–Crippen LogP) is 3.33. The number of nitrogen functional groups attached to an aromatic ring is 1. The molecule has 1 heterocycles. The van der Waals surface area contributed by atoms with Crippen molar-refractivity contribution in [1.82, 2.24) is 9.55 Å². The quantitative estimate of drug-likeness (QED) is 0.865. The maximum Gasteiger partial charge on any atom is 0.131 e. The van der Waals surface area contributed by atoms with Crippen molar-refractivity contribution in [2.45, 2.75) is 33.2 Å². The van der Waals surface area contributed by atoms with Crippen LogP contribution in [0, 0.1) is 0 Å². The van der Waals surface area contributed by atoms with E-state index in [1.54, 1.807) is 6.33 Å². The Morgan fingerprint density at radius 1 is 1.26 bits per heavy atom. The minimum Gasteiger partial charge on any atom is -0.494 e. The fraction of sp³-hybridized carbons (Fsp3) is 0.400. The van der Waals surface area contributed by atoms with Crippen LogP contribution in [0.4, 0.5) is 5.82 Å². The third kappa shape index (κ3) is 3.08. The van der Waals surface area contributed by atoms with Crippen LogP contribution in [0.25, 0.3) is 11.3 Å². The monoisotopic (exact) mass is 259 g/mol. The molecular formula is C15H21N3O. The number of aryl methyl sites for hydroxylation is 1. The van der Waals surface area contributed by atoms with Crippen molar-refractivity contribution < 1.29 is 4.74 Å². The van der Waals surface area contributed by atoms with Crippen LogP contribution in [0.3, 0.4) is 0 Å². The van der Waals surface area contributed by atoms with Gasteiger partial charge in [-0.15, -0.1) is 0 Å². The molecule has 0 aliphatic carbocycles. The Morgan fingerprint density at radius 2 is 2.11 bits per heavy atom. The molecule has 0 bridgehead atoms. The molecule has 0 radical (unpaired) electrons. The molecule has 0 unspecified atom stereocenters. The van der Waals surface area contributed by atoms with Crippen LogP contribution >= 0.6 is 0 Å². The van der Waals surface area contributed by atoms with E-state index in [1.165, 1.54) is 0 Å². The van der Waals surface area contributed by atoms with Crippen LogP contribution < -0.4 is 10.5 Å². The number of rotatable bonds is 6. The smallest absolute Gasteiger partial charge is 0.131 e. The van der Waals surface area contributed by atoms with Gasteiger partial charge in [0.15, 0.2) is 0 Å². The van der Waals surface area contributed by atoms with Gasteiger partial charge >= 0.3 is 0 Å². The second kappa shape index (κ2) is 6.27. The van der Waals surface area contributed by atoms with Crippen molar-refractivity contribution in [3.8, 4) is 17.0 Å². The van der Waals surface area contributed by atoms with Crippen molar-refractivity contribution in [1.29, 1.82) is 0 Å². The van der Waals surface area contributed by atoms with E-state index in [1.807, 2.05) is 28.8 Å². The molecule has 1 aromatic heterocycles. The topological polar surface area (TPSA) is 53.1 Å². The zero-order valence-electron chi connectivity index (χ0n) is 11.6. The van der Waals surface area contributed by atoms with E-state index in [2.05, 4.69) is 18.8 Å². The molecule has 2 rings (SSSR count). The minimum absolute atomic E-state index is 0.717. The van der Waals surface area contributed by atoms with E-state index in [0.717, 1.165) is 48.8 Å². The molecule has 0 aliphatic heterocycles. The van der Waals surface area contributed by atoms with E-state index < -0.39 is 0 Å². The molecule has 0 amide bonds. The lowest BCUT2D eigenvalue weighted by Crippen LogP contribution is -2.01. The SMILES string of the molecule is CCCOc1cccc(-c2ncn(CCC)c2N)c1. The third-order valence-corrected chi connectivity index (χ3v) is 2.92. The number of hydrogen-bond acceptors (Lipinski definition) is 3. The third-order valence-electron chi connectivity index (χ3n) is 2.92. The lowest BCUT2D eigenvalue weighted by Gasteiger charge is -2.07. The fourth-order valence-electron chi connectivity index (χ4n) is 1.99. The zero-order valence-corrected chi connectivity index (χ0v) is 11.6. The lowest BCUT2D eigenvalue weighted by atomic mass is 10.1. The van der Waals surface area contributed by atoms with E-state index in [0.29, 0.717) is 0 Å². The Hall–Kier alpha value is -1.97. The first kappa shape index (κ1) is 13.5. The molecule has 19 heavy (non-hydrogen) atoms. The molecule has 0 atom stereocenters.